The van der Waals surface area contributed by atoms with Crippen LogP contribution in [-0.4, -0.2) is 10.2 Å². The highest BCUT2D eigenvalue weighted by molar-refractivity contribution is 7.12. The van der Waals surface area contributed by atoms with E-state index in [0.717, 1.165) is 19.5 Å². The van der Waals surface area contributed by atoms with Crippen molar-refractivity contribution in [1.82, 2.24) is 0 Å². The molecule has 2 unspecified atom stereocenters. The zero-order valence-corrected chi connectivity index (χ0v) is 19.4. The summed E-state index contributed by atoms with van der Waals surface area (Å²) in [5.74, 6) is 0. The van der Waals surface area contributed by atoms with E-state index in [0.29, 0.717) is 32.3 Å². The SMILES string of the molecule is Cc1ccc(C2(O)c3cccc(Cl)c3C(O)(c3ccc(C)s3)c3cccc(Cl)c32)s1. The molecule has 2 nitrogen and oxygen atoms in total. The van der Waals surface area contributed by atoms with E-state index in [4.69, 9.17) is 23.2 Å². The molecule has 1 aliphatic rings. The van der Waals surface area contributed by atoms with Gasteiger partial charge < -0.3 is 10.2 Å². The summed E-state index contributed by atoms with van der Waals surface area (Å²) >= 11 is 16.4. The lowest BCUT2D eigenvalue weighted by Crippen LogP contribution is -2.44. The van der Waals surface area contributed by atoms with Crippen molar-refractivity contribution in [2.45, 2.75) is 25.0 Å². The minimum atomic E-state index is -1.52. The van der Waals surface area contributed by atoms with Crippen LogP contribution in [0.1, 0.15) is 41.8 Å². The Bertz CT molecular complexity index is 1190. The van der Waals surface area contributed by atoms with Gasteiger partial charge in [0.15, 0.2) is 11.2 Å². The third-order valence-electron chi connectivity index (χ3n) is 5.72. The van der Waals surface area contributed by atoms with E-state index in [2.05, 4.69) is 0 Å². The number of aryl methyl sites for hydroxylation is 2. The van der Waals surface area contributed by atoms with Gasteiger partial charge in [-0.25, -0.2) is 0 Å². The topological polar surface area (TPSA) is 40.5 Å². The van der Waals surface area contributed by atoms with Crippen LogP contribution in [0.15, 0.2) is 60.7 Å². The van der Waals surface area contributed by atoms with E-state index in [-0.39, 0.29) is 0 Å². The summed E-state index contributed by atoms with van der Waals surface area (Å²) in [7, 11) is 0. The van der Waals surface area contributed by atoms with Crippen molar-refractivity contribution in [2.24, 2.45) is 0 Å². The fraction of sp³-hybridized carbons (Fsp3) is 0.167. The van der Waals surface area contributed by atoms with Crippen LogP contribution in [-0.2, 0) is 11.2 Å². The first-order chi connectivity index (χ1) is 14.3. The fourth-order valence-corrected chi connectivity index (χ4v) is 7.01. The highest BCUT2D eigenvalue weighted by atomic mass is 35.5. The second kappa shape index (κ2) is 6.92. The molecule has 0 fully saturated rings. The summed E-state index contributed by atoms with van der Waals surface area (Å²) in [6, 6.07) is 18.5. The molecule has 6 heteroatoms. The van der Waals surface area contributed by atoms with Gasteiger partial charge in [-0.3, -0.25) is 0 Å². The van der Waals surface area contributed by atoms with Gasteiger partial charge in [-0.2, -0.15) is 0 Å². The minimum Gasteiger partial charge on any atom is -0.375 e. The first kappa shape index (κ1) is 20.3. The molecule has 0 amide bonds. The van der Waals surface area contributed by atoms with Crippen LogP contribution in [0.3, 0.4) is 0 Å². The van der Waals surface area contributed by atoms with E-state index in [9.17, 15) is 10.2 Å². The van der Waals surface area contributed by atoms with Gasteiger partial charge in [0.25, 0.3) is 0 Å². The standard InChI is InChI=1S/C24H18Cl2O2S2/c1-13-9-11-19(29-13)23(27)15-5-3-8-18(26)22(15)24(28,20-12-10-14(2)30-20)16-6-4-7-17(25)21(16)23/h3-12,27-28H,1-2H3. The summed E-state index contributed by atoms with van der Waals surface area (Å²) in [5.41, 5.74) is -0.956. The maximum Gasteiger partial charge on any atom is 0.151 e. The van der Waals surface area contributed by atoms with Crippen LogP contribution in [0, 0.1) is 13.8 Å². The molecular weight excluding hydrogens is 455 g/mol. The Morgan fingerprint density at radius 3 is 1.37 bits per heavy atom. The highest BCUT2D eigenvalue weighted by Gasteiger charge is 2.53. The van der Waals surface area contributed by atoms with Crippen LogP contribution in [0.2, 0.25) is 10.0 Å². The first-order valence-corrected chi connectivity index (χ1v) is 11.8. The minimum absolute atomic E-state index is 0.401. The maximum atomic E-state index is 12.3. The van der Waals surface area contributed by atoms with Crippen LogP contribution in [0.4, 0.5) is 0 Å². The Morgan fingerprint density at radius 2 is 1.03 bits per heavy atom. The molecular formula is C24H18Cl2O2S2. The second-order valence-electron chi connectivity index (χ2n) is 7.57. The third kappa shape index (κ3) is 2.62. The number of fused-ring (bicyclic) bond motifs is 2. The normalized spacial score (nSPS) is 22.6. The lowest BCUT2D eigenvalue weighted by Gasteiger charge is -2.44. The summed E-state index contributed by atoms with van der Waals surface area (Å²) in [5, 5.41) is 25.4. The fourth-order valence-electron chi connectivity index (χ4n) is 4.43. The Balaban J connectivity index is 1.97. The van der Waals surface area contributed by atoms with E-state index in [1.807, 2.05) is 50.2 Å². The van der Waals surface area contributed by atoms with Crippen molar-refractivity contribution in [1.29, 1.82) is 0 Å². The van der Waals surface area contributed by atoms with Crippen molar-refractivity contribution in [3.63, 3.8) is 0 Å². The summed E-state index contributed by atoms with van der Waals surface area (Å²) < 4.78 is 0. The quantitative estimate of drug-likeness (QED) is 0.344. The maximum absolute atomic E-state index is 12.3. The van der Waals surface area contributed by atoms with Gasteiger partial charge in [0.2, 0.25) is 0 Å². The van der Waals surface area contributed by atoms with Gasteiger partial charge >= 0.3 is 0 Å². The average molecular weight is 473 g/mol. The first-order valence-electron chi connectivity index (χ1n) is 9.45. The Morgan fingerprint density at radius 1 is 0.633 bits per heavy atom. The Labute approximate surface area is 193 Å². The van der Waals surface area contributed by atoms with Crippen molar-refractivity contribution >= 4 is 45.9 Å². The van der Waals surface area contributed by atoms with Crippen LogP contribution in [0.25, 0.3) is 0 Å². The van der Waals surface area contributed by atoms with Crippen molar-refractivity contribution in [2.75, 3.05) is 0 Å². The smallest absolute Gasteiger partial charge is 0.151 e. The molecule has 0 saturated heterocycles. The number of rotatable bonds is 2. The molecule has 30 heavy (non-hydrogen) atoms. The molecule has 152 valence electrons. The molecule has 1 aliphatic carbocycles. The second-order valence-corrected chi connectivity index (χ2v) is 11.0. The van der Waals surface area contributed by atoms with Crippen LogP contribution in [0.5, 0.6) is 0 Å². The number of aliphatic hydroxyl groups is 2. The van der Waals surface area contributed by atoms with Crippen molar-refractivity contribution in [3.05, 3.63) is 112 Å². The molecule has 4 aromatic rings. The van der Waals surface area contributed by atoms with Gasteiger partial charge in [0.05, 0.1) is 0 Å². The monoisotopic (exact) mass is 472 g/mol. The molecule has 2 heterocycles. The Kier molecular flexibility index (Phi) is 4.67. The molecule has 0 saturated carbocycles. The zero-order chi connectivity index (χ0) is 21.3. The predicted octanol–water partition coefficient (Wildman–Crippen LogP) is 6.62. The lowest BCUT2D eigenvalue weighted by atomic mass is 9.66. The van der Waals surface area contributed by atoms with Gasteiger partial charge in [0, 0.05) is 51.8 Å². The average Bonchev–Trinajstić information content (AvgIpc) is 3.35. The third-order valence-corrected chi connectivity index (χ3v) is 8.57. The molecule has 0 aliphatic heterocycles. The predicted molar refractivity (Wildman–Crippen MR) is 125 cm³/mol. The molecule has 2 aromatic carbocycles. The summed E-state index contributed by atoms with van der Waals surface area (Å²) in [6.45, 7) is 4.00. The molecule has 0 spiro atoms. The highest BCUT2D eigenvalue weighted by Crippen LogP contribution is 2.57. The molecule has 5 rings (SSSR count). The number of hydrogen-bond donors (Lipinski definition) is 2. The van der Waals surface area contributed by atoms with Gasteiger partial charge in [-0.15, -0.1) is 22.7 Å². The molecule has 2 atom stereocenters. The summed E-state index contributed by atoms with van der Waals surface area (Å²) in [6.07, 6.45) is 0. The van der Waals surface area contributed by atoms with Crippen LogP contribution < -0.4 is 0 Å². The van der Waals surface area contributed by atoms with Crippen molar-refractivity contribution in [3.8, 4) is 0 Å². The largest absolute Gasteiger partial charge is 0.375 e. The Hall–Kier alpha value is -1.66. The van der Waals surface area contributed by atoms with Crippen LogP contribution >= 0.6 is 45.9 Å². The number of benzene rings is 2. The molecule has 2 aromatic heterocycles. The summed E-state index contributed by atoms with van der Waals surface area (Å²) in [4.78, 5) is 3.63. The molecule has 0 bridgehead atoms. The zero-order valence-electron chi connectivity index (χ0n) is 16.2. The van der Waals surface area contributed by atoms with E-state index in [1.54, 1.807) is 24.3 Å². The van der Waals surface area contributed by atoms with E-state index in [1.165, 1.54) is 22.7 Å². The van der Waals surface area contributed by atoms with E-state index < -0.39 is 11.2 Å². The molecule has 0 radical (unpaired) electrons. The van der Waals surface area contributed by atoms with Gasteiger partial charge in [-0.1, -0.05) is 47.5 Å². The van der Waals surface area contributed by atoms with Gasteiger partial charge in [0.1, 0.15) is 0 Å². The number of halogens is 2. The lowest BCUT2D eigenvalue weighted by molar-refractivity contribution is 0.0788. The van der Waals surface area contributed by atoms with E-state index >= 15 is 0 Å². The van der Waals surface area contributed by atoms with Gasteiger partial charge in [-0.05, 0) is 50.2 Å². The number of thiophene rings is 2. The van der Waals surface area contributed by atoms with Crippen molar-refractivity contribution < 1.29 is 10.2 Å². The number of hydrogen-bond acceptors (Lipinski definition) is 4. The molecule has 2 N–H and O–H groups in total.